The molecule has 2 fully saturated rings. The van der Waals surface area contributed by atoms with Crippen molar-refractivity contribution in [3.05, 3.63) is 34.3 Å². The molecule has 1 aliphatic heterocycles. The standard InChI is InChI=1S/C18H27BrN4.HI/c1-20-18(21-12-14-2-3-14)22-17-8-10-23(11-9-17)13-15-4-6-16(19)7-5-15;/h4-7,14,17H,2-3,8-13H2,1H3,(H2,20,21,22);1H. The van der Waals surface area contributed by atoms with Crippen molar-refractivity contribution < 1.29 is 0 Å². The van der Waals surface area contributed by atoms with Crippen LogP contribution in [0.25, 0.3) is 0 Å². The summed E-state index contributed by atoms with van der Waals surface area (Å²) < 4.78 is 1.15. The molecule has 1 saturated carbocycles. The van der Waals surface area contributed by atoms with Gasteiger partial charge in [-0.1, -0.05) is 28.1 Å². The molecule has 0 atom stereocenters. The van der Waals surface area contributed by atoms with Crippen molar-refractivity contribution in [2.75, 3.05) is 26.7 Å². The maximum Gasteiger partial charge on any atom is 0.191 e. The van der Waals surface area contributed by atoms with Gasteiger partial charge in [0.2, 0.25) is 0 Å². The van der Waals surface area contributed by atoms with Crippen LogP contribution in [0.3, 0.4) is 0 Å². The van der Waals surface area contributed by atoms with E-state index < -0.39 is 0 Å². The minimum absolute atomic E-state index is 0. The van der Waals surface area contributed by atoms with Gasteiger partial charge in [0.25, 0.3) is 0 Å². The quantitative estimate of drug-likeness (QED) is 0.364. The van der Waals surface area contributed by atoms with Gasteiger partial charge in [-0.15, -0.1) is 24.0 Å². The predicted molar refractivity (Wildman–Crippen MR) is 115 cm³/mol. The molecule has 134 valence electrons. The molecule has 4 nitrogen and oxygen atoms in total. The van der Waals surface area contributed by atoms with Crippen molar-refractivity contribution in [3.63, 3.8) is 0 Å². The van der Waals surface area contributed by atoms with E-state index in [4.69, 9.17) is 0 Å². The van der Waals surface area contributed by atoms with Crippen LogP contribution in [-0.4, -0.2) is 43.6 Å². The lowest BCUT2D eigenvalue weighted by atomic mass is 10.0. The van der Waals surface area contributed by atoms with Crippen molar-refractivity contribution in [2.45, 2.75) is 38.3 Å². The van der Waals surface area contributed by atoms with E-state index in [1.165, 1.54) is 31.2 Å². The molecule has 1 aromatic carbocycles. The first kappa shape index (κ1) is 20.0. The number of piperidine rings is 1. The monoisotopic (exact) mass is 506 g/mol. The lowest BCUT2D eigenvalue weighted by Gasteiger charge is -2.33. The predicted octanol–water partition coefficient (Wildman–Crippen LogP) is 3.61. The normalized spacial score (nSPS) is 19.7. The number of aliphatic imine (C=N–C) groups is 1. The Labute approximate surface area is 171 Å². The topological polar surface area (TPSA) is 39.7 Å². The largest absolute Gasteiger partial charge is 0.356 e. The van der Waals surface area contributed by atoms with Gasteiger partial charge in [-0.25, -0.2) is 0 Å². The van der Waals surface area contributed by atoms with Crippen molar-refractivity contribution in [3.8, 4) is 0 Å². The number of benzene rings is 1. The van der Waals surface area contributed by atoms with E-state index in [-0.39, 0.29) is 24.0 Å². The van der Waals surface area contributed by atoms with Crippen LogP contribution in [0.15, 0.2) is 33.7 Å². The van der Waals surface area contributed by atoms with Crippen LogP contribution >= 0.6 is 39.9 Å². The highest BCUT2D eigenvalue weighted by Crippen LogP contribution is 2.27. The summed E-state index contributed by atoms with van der Waals surface area (Å²) in [7, 11) is 1.87. The molecule has 0 spiro atoms. The number of likely N-dealkylation sites (tertiary alicyclic amines) is 1. The van der Waals surface area contributed by atoms with Gasteiger partial charge in [0.05, 0.1) is 0 Å². The average Bonchev–Trinajstić information content (AvgIpc) is 3.39. The van der Waals surface area contributed by atoms with Gasteiger partial charge >= 0.3 is 0 Å². The zero-order valence-corrected chi connectivity index (χ0v) is 18.2. The Kier molecular flexibility index (Phi) is 8.30. The van der Waals surface area contributed by atoms with Crippen LogP contribution in [0, 0.1) is 5.92 Å². The van der Waals surface area contributed by atoms with E-state index >= 15 is 0 Å². The van der Waals surface area contributed by atoms with Crippen molar-refractivity contribution in [1.82, 2.24) is 15.5 Å². The molecule has 0 unspecified atom stereocenters. The summed E-state index contributed by atoms with van der Waals surface area (Å²) >= 11 is 3.49. The van der Waals surface area contributed by atoms with Crippen molar-refractivity contribution in [2.24, 2.45) is 10.9 Å². The minimum Gasteiger partial charge on any atom is -0.356 e. The van der Waals surface area contributed by atoms with Gasteiger partial charge in [-0.2, -0.15) is 0 Å². The van der Waals surface area contributed by atoms with Crippen LogP contribution in [0.4, 0.5) is 0 Å². The molecule has 3 rings (SSSR count). The SMILES string of the molecule is CN=C(NCC1CC1)NC1CCN(Cc2ccc(Br)cc2)CC1.I. The second kappa shape index (κ2) is 9.97. The molecule has 1 saturated heterocycles. The molecular formula is C18H28BrIN4. The van der Waals surface area contributed by atoms with Crippen LogP contribution in [0.1, 0.15) is 31.2 Å². The first-order valence-electron chi connectivity index (χ1n) is 8.67. The van der Waals surface area contributed by atoms with E-state index in [1.54, 1.807) is 0 Å². The number of rotatable bonds is 5. The van der Waals surface area contributed by atoms with Gasteiger partial charge in [-0.3, -0.25) is 9.89 Å². The van der Waals surface area contributed by atoms with Crippen LogP contribution in [0.5, 0.6) is 0 Å². The summed E-state index contributed by atoms with van der Waals surface area (Å²) in [5, 5.41) is 7.04. The summed E-state index contributed by atoms with van der Waals surface area (Å²) in [6.07, 6.45) is 5.11. The molecule has 0 radical (unpaired) electrons. The molecule has 1 aliphatic carbocycles. The zero-order chi connectivity index (χ0) is 16.1. The van der Waals surface area contributed by atoms with E-state index in [2.05, 4.69) is 60.7 Å². The number of guanidine groups is 1. The number of hydrogen-bond acceptors (Lipinski definition) is 2. The van der Waals surface area contributed by atoms with Gasteiger partial charge in [0, 0.05) is 43.7 Å². The highest BCUT2D eigenvalue weighted by Gasteiger charge is 2.23. The molecule has 1 heterocycles. The zero-order valence-electron chi connectivity index (χ0n) is 14.3. The fourth-order valence-corrected chi connectivity index (χ4v) is 3.30. The highest BCUT2D eigenvalue weighted by molar-refractivity contribution is 14.0. The Morgan fingerprint density at radius 1 is 1.17 bits per heavy atom. The first-order valence-corrected chi connectivity index (χ1v) is 9.46. The lowest BCUT2D eigenvalue weighted by Crippen LogP contribution is -2.48. The summed E-state index contributed by atoms with van der Waals surface area (Å²) in [5.74, 6) is 1.85. The van der Waals surface area contributed by atoms with Crippen LogP contribution in [0.2, 0.25) is 0 Å². The first-order chi connectivity index (χ1) is 11.2. The van der Waals surface area contributed by atoms with E-state index in [1.807, 2.05) is 7.05 Å². The summed E-state index contributed by atoms with van der Waals surface area (Å²) in [6, 6.07) is 9.20. The summed E-state index contributed by atoms with van der Waals surface area (Å²) in [4.78, 5) is 6.90. The molecule has 6 heteroatoms. The van der Waals surface area contributed by atoms with Gasteiger partial charge in [-0.05, 0) is 49.3 Å². The number of hydrogen-bond donors (Lipinski definition) is 2. The Balaban J connectivity index is 0.00000208. The smallest absolute Gasteiger partial charge is 0.191 e. The summed E-state index contributed by atoms with van der Waals surface area (Å²) in [5.41, 5.74) is 1.39. The molecule has 24 heavy (non-hydrogen) atoms. The molecule has 0 amide bonds. The Morgan fingerprint density at radius 3 is 2.42 bits per heavy atom. The van der Waals surface area contributed by atoms with E-state index in [9.17, 15) is 0 Å². The molecule has 2 aliphatic rings. The van der Waals surface area contributed by atoms with Gasteiger partial charge in [0.15, 0.2) is 5.96 Å². The van der Waals surface area contributed by atoms with E-state index in [0.717, 1.165) is 42.5 Å². The molecule has 1 aromatic rings. The fourth-order valence-electron chi connectivity index (χ4n) is 3.03. The highest BCUT2D eigenvalue weighted by atomic mass is 127. The molecule has 2 N–H and O–H groups in total. The van der Waals surface area contributed by atoms with Crippen molar-refractivity contribution >= 4 is 45.9 Å². The second-order valence-electron chi connectivity index (χ2n) is 6.72. The number of halogens is 2. The fraction of sp³-hybridized carbons (Fsp3) is 0.611. The third kappa shape index (κ3) is 6.52. The Morgan fingerprint density at radius 2 is 1.83 bits per heavy atom. The maximum atomic E-state index is 4.35. The third-order valence-electron chi connectivity index (χ3n) is 4.73. The Bertz CT molecular complexity index is 522. The molecule has 0 aromatic heterocycles. The van der Waals surface area contributed by atoms with Gasteiger partial charge in [0.1, 0.15) is 0 Å². The minimum atomic E-state index is 0. The van der Waals surface area contributed by atoms with E-state index in [0.29, 0.717) is 6.04 Å². The summed E-state index contributed by atoms with van der Waals surface area (Å²) in [6.45, 7) is 4.41. The van der Waals surface area contributed by atoms with Crippen LogP contribution < -0.4 is 10.6 Å². The number of nitrogens with zero attached hydrogens (tertiary/aromatic N) is 2. The third-order valence-corrected chi connectivity index (χ3v) is 5.26. The van der Waals surface area contributed by atoms with Crippen LogP contribution in [-0.2, 0) is 6.54 Å². The van der Waals surface area contributed by atoms with Crippen molar-refractivity contribution in [1.29, 1.82) is 0 Å². The average molecular weight is 507 g/mol. The number of nitrogens with one attached hydrogen (secondary N) is 2. The Hall–Kier alpha value is -0.340. The second-order valence-corrected chi connectivity index (χ2v) is 7.63. The molecule has 0 bridgehead atoms. The maximum absolute atomic E-state index is 4.35. The lowest BCUT2D eigenvalue weighted by molar-refractivity contribution is 0.198. The molecular weight excluding hydrogens is 479 g/mol. The van der Waals surface area contributed by atoms with Gasteiger partial charge < -0.3 is 10.6 Å².